The zero-order valence-electron chi connectivity index (χ0n) is 26.3. The fourth-order valence-corrected chi connectivity index (χ4v) is 9.17. The molecule has 2 bridgehead atoms. The summed E-state index contributed by atoms with van der Waals surface area (Å²) in [6.45, 7) is 3.57. The smallest absolute Gasteiger partial charge is 0.352 e. The number of hydrogen-bond donors (Lipinski definition) is 3. The van der Waals surface area contributed by atoms with Crippen LogP contribution in [0.3, 0.4) is 0 Å². The third kappa shape index (κ3) is 4.70. The van der Waals surface area contributed by atoms with E-state index in [2.05, 4.69) is 6.07 Å². The van der Waals surface area contributed by atoms with Crippen LogP contribution in [0, 0.1) is 22.7 Å². The van der Waals surface area contributed by atoms with Gasteiger partial charge in [-0.25, -0.2) is 4.79 Å². The van der Waals surface area contributed by atoms with Crippen LogP contribution in [0.2, 0.25) is 0 Å². The number of allylic oxidation sites excluding steroid dienone is 1. The van der Waals surface area contributed by atoms with E-state index in [0.29, 0.717) is 28.9 Å². The topological polar surface area (TPSA) is 147 Å². The molecule has 0 spiro atoms. The normalized spacial score (nSPS) is 29.9. The van der Waals surface area contributed by atoms with Crippen molar-refractivity contribution in [2.45, 2.75) is 77.4 Å². The van der Waals surface area contributed by atoms with E-state index in [1.165, 1.54) is 4.90 Å². The van der Waals surface area contributed by atoms with Gasteiger partial charge in [0.05, 0.1) is 18.1 Å². The minimum atomic E-state index is -1.18. The maximum Gasteiger partial charge on any atom is 0.352 e. The van der Waals surface area contributed by atoms with Gasteiger partial charge in [0.15, 0.2) is 5.78 Å². The van der Waals surface area contributed by atoms with Crippen LogP contribution in [0.5, 0.6) is 5.75 Å². The average Bonchev–Trinajstić information content (AvgIpc) is 3.44. The summed E-state index contributed by atoms with van der Waals surface area (Å²) in [5.41, 5.74) is 10.4. The van der Waals surface area contributed by atoms with Crippen LogP contribution in [-0.2, 0) is 20.8 Å². The molecule has 0 radical (unpaired) electrons. The number of aliphatic hydroxyl groups is 1. The number of nitrogens with two attached hydrogens (primary N) is 1. The number of rotatable bonds is 10. The van der Waals surface area contributed by atoms with Crippen LogP contribution in [0.15, 0.2) is 59.8 Å². The van der Waals surface area contributed by atoms with Crippen LogP contribution >= 0.6 is 0 Å². The Morgan fingerprint density at radius 1 is 1.04 bits per heavy atom. The molecule has 6 aliphatic rings. The molecular formula is C37H40N2O7. The molecule has 3 saturated carbocycles. The Morgan fingerprint density at radius 2 is 1.74 bits per heavy atom. The second-order valence-corrected chi connectivity index (χ2v) is 14.3. The zero-order chi connectivity index (χ0) is 32.5. The number of carboxylic acids is 1. The number of aliphatic carboxylic acids is 1. The number of fused-ring (bicyclic) bond motifs is 7. The largest absolute Gasteiger partial charge is 0.489 e. The van der Waals surface area contributed by atoms with Crippen molar-refractivity contribution in [3.05, 3.63) is 76.5 Å². The van der Waals surface area contributed by atoms with E-state index in [1.807, 2.05) is 31.2 Å². The number of nitrogens with zero attached hydrogens (tertiary/aromatic N) is 1. The fourth-order valence-electron chi connectivity index (χ4n) is 9.17. The van der Waals surface area contributed by atoms with E-state index in [9.17, 15) is 29.4 Å². The van der Waals surface area contributed by atoms with Gasteiger partial charge in [0, 0.05) is 29.0 Å². The summed E-state index contributed by atoms with van der Waals surface area (Å²) in [5, 5.41) is 20.0. The number of amides is 2. The number of carbonyl (C=O) groups excluding carboxylic acids is 3. The molecule has 9 nitrogen and oxygen atoms in total. The third-order valence-electron chi connectivity index (χ3n) is 11.6. The highest BCUT2D eigenvalue weighted by Gasteiger charge is 2.59. The van der Waals surface area contributed by atoms with Crippen molar-refractivity contribution in [2.24, 2.45) is 28.4 Å². The molecule has 1 saturated heterocycles. The molecule has 2 amide bonds. The molecule has 4 atom stereocenters. The molecule has 2 aromatic carbocycles. The number of primary amides is 1. The average molecular weight is 625 g/mol. The fraction of sp³-hybridized carbons (Fsp3) is 0.459. The van der Waals surface area contributed by atoms with Gasteiger partial charge >= 0.3 is 5.97 Å². The van der Waals surface area contributed by atoms with Gasteiger partial charge in [-0.05, 0) is 97.6 Å². The molecule has 9 heteroatoms. The first-order valence-corrected chi connectivity index (χ1v) is 16.3. The summed E-state index contributed by atoms with van der Waals surface area (Å²) >= 11 is 0. The Balaban J connectivity index is 1.07. The van der Waals surface area contributed by atoms with Gasteiger partial charge in [0.25, 0.3) is 0 Å². The predicted octanol–water partition coefficient (Wildman–Crippen LogP) is 4.79. The lowest BCUT2D eigenvalue weighted by Crippen LogP contribution is -2.63. The maximum absolute atomic E-state index is 13.6. The number of carboxylic acid groups (broad SMARTS) is 1. The lowest BCUT2D eigenvalue weighted by Gasteiger charge is -2.53. The number of aliphatic hydroxyl groups excluding tert-OH is 1. The number of benzene rings is 2. The number of ether oxygens (including phenoxy) is 1. The summed E-state index contributed by atoms with van der Waals surface area (Å²) in [7, 11) is 0. The van der Waals surface area contributed by atoms with Crippen molar-refractivity contribution >= 4 is 23.6 Å². The predicted molar refractivity (Wildman–Crippen MR) is 170 cm³/mol. The molecule has 2 heterocycles. The van der Waals surface area contributed by atoms with Gasteiger partial charge in [-0.1, -0.05) is 37.3 Å². The van der Waals surface area contributed by atoms with Crippen LogP contribution in [0.4, 0.5) is 0 Å². The van der Waals surface area contributed by atoms with E-state index in [-0.39, 0.29) is 52.7 Å². The minimum Gasteiger partial charge on any atom is -0.489 e. The van der Waals surface area contributed by atoms with Crippen molar-refractivity contribution in [1.82, 2.24) is 4.90 Å². The van der Waals surface area contributed by atoms with Crippen LogP contribution < -0.4 is 10.5 Å². The van der Waals surface area contributed by atoms with Crippen molar-refractivity contribution < 1.29 is 34.1 Å². The molecule has 4 N–H and O–H groups in total. The first-order chi connectivity index (χ1) is 21.9. The highest BCUT2D eigenvalue weighted by Crippen LogP contribution is 2.59. The highest BCUT2D eigenvalue weighted by atomic mass is 16.5. The van der Waals surface area contributed by atoms with Gasteiger partial charge in [0.1, 0.15) is 18.1 Å². The van der Waals surface area contributed by atoms with Crippen molar-refractivity contribution in [1.29, 1.82) is 0 Å². The number of ketones is 1. The molecule has 8 rings (SSSR count). The van der Waals surface area contributed by atoms with E-state index >= 15 is 0 Å². The van der Waals surface area contributed by atoms with Crippen LogP contribution in [0.1, 0.15) is 80.3 Å². The third-order valence-corrected chi connectivity index (χ3v) is 11.6. The Hall–Kier alpha value is -4.24. The Kier molecular flexibility index (Phi) is 7.23. The second kappa shape index (κ2) is 10.9. The lowest BCUT2D eigenvalue weighted by atomic mass is 9.51. The van der Waals surface area contributed by atoms with Gasteiger partial charge < -0.3 is 25.6 Å². The maximum atomic E-state index is 13.6. The van der Waals surface area contributed by atoms with Crippen molar-refractivity contribution in [2.75, 3.05) is 6.61 Å². The minimum absolute atomic E-state index is 0.0176. The van der Waals surface area contributed by atoms with Gasteiger partial charge in [-0.15, -0.1) is 0 Å². The second-order valence-electron chi connectivity index (χ2n) is 14.3. The van der Waals surface area contributed by atoms with E-state index in [4.69, 9.17) is 10.5 Å². The summed E-state index contributed by atoms with van der Waals surface area (Å²) in [5.74, 6) is -2.05. The Morgan fingerprint density at radius 3 is 2.39 bits per heavy atom. The van der Waals surface area contributed by atoms with Crippen LogP contribution in [-0.4, -0.2) is 57.4 Å². The summed E-state index contributed by atoms with van der Waals surface area (Å²) in [6.07, 6.45) is 10.3. The van der Waals surface area contributed by atoms with E-state index in [1.54, 1.807) is 25.1 Å². The molecule has 2 aliphatic heterocycles. The Labute approximate surface area is 268 Å². The molecule has 4 aliphatic carbocycles. The molecule has 3 unspecified atom stereocenters. The first kappa shape index (κ1) is 30.4. The lowest BCUT2D eigenvalue weighted by molar-refractivity contribution is -0.163. The molecule has 240 valence electrons. The van der Waals surface area contributed by atoms with Gasteiger partial charge in [0.2, 0.25) is 11.8 Å². The molecule has 0 aromatic heterocycles. The van der Waals surface area contributed by atoms with Crippen molar-refractivity contribution in [3.63, 3.8) is 0 Å². The SMILES string of the molecule is CC(O)C1C(=O)N2C(C(=O)O)=C(/C=C/COc3cccc4c3-c3ccc(CC56CCC(CC(N)=O)(CC5)CC6)cc3C4=O)[C@H](C)C12. The summed E-state index contributed by atoms with van der Waals surface area (Å²) in [4.78, 5) is 51.2. The monoisotopic (exact) mass is 624 g/mol. The standard InChI is InChI=1S/C37H40N2O7/c1-20-23(32(35(44)45)39-31(20)29(21(2)40)34(39)43)6-4-16-46-27-7-3-5-25-30(27)24-9-8-22(17-26(24)33(25)42)18-36-10-13-37(14-11-36,15-12-36)19-28(38)41/h3-9,17,20-21,29,31,40H,10-16,18-19H2,1-2H3,(H2,38,41)(H,44,45)/b6-4+/t20-,21?,29?,31?,36?,37?/m0/s1. The van der Waals surface area contributed by atoms with E-state index < -0.39 is 18.0 Å². The molecule has 4 fully saturated rings. The van der Waals surface area contributed by atoms with Gasteiger partial charge in [-0.3, -0.25) is 14.4 Å². The quantitative estimate of drug-likeness (QED) is 0.275. The first-order valence-electron chi connectivity index (χ1n) is 16.3. The number of β-lactam (4-membered cyclic amide) rings is 1. The highest BCUT2D eigenvalue weighted by molar-refractivity contribution is 6.22. The number of hydrogen-bond acceptors (Lipinski definition) is 6. The molecule has 2 aromatic rings. The van der Waals surface area contributed by atoms with Gasteiger partial charge in [-0.2, -0.15) is 0 Å². The Bertz CT molecular complexity index is 1710. The van der Waals surface area contributed by atoms with Crippen molar-refractivity contribution in [3.8, 4) is 16.9 Å². The molecule has 46 heavy (non-hydrogen) atoms. The van der Waals surface area contributed by atoms with Crippen LogP contribution in [0.25, 0.3) is 11.1 Å². The zero-order valence-corrected chi connectivity index (χ0v) is 26.3. The number of carbonyl (C=O) groups is 4. The molecular weight excluding hydrogens is 584 g/mol. The van der Waals surface area contributed by atoms with E-state index in [0.717, 1.165) is 61.6 Å². The summed E-state index contributed by atoms with van der Waals surface area (Å²) < 4.78 is 6.16. The summed E-state index contributed by atoms with van der Waals surface area (Å²) in [6, 6.07) is 11.3.